The van der Waals surface area contributed by atoms with Crippen LogP contribution in [-0.4, -0.2) is 129 Å². The van der Waals surface area contributed by atoms with Gasteiger partial charge in [0.15, 0.2) is 5.96 Å². The number of guanidine groups is 1. The van der Waals surface area contributed by atoms with E-state index in [9.17, 15) is 43.2 Å². The average molecular weight is 1020 g/mol. The van der Waals surface area contributed by atoms with Gasteiger partial charge in [0.1, 0.15) is 42.3 Å². The number of imidazole rings is 1. The van der Waals surface area contributed by atoms with Gasteiger partial charge >= 0.3 is 0 Å². The number of nitrogens with two attached hydrogens (primary N) is 3. The monoisotopic (exact) mass is 1020 g/mol. The lowest BCUT2D eigenvalue weighted by Gasteiger charge is -2.28. The zero-order valence-electron chi connectivity index (χ0n) is 41.7. The number of primary amides is 1. The molecule has 5 rings (SSSR count). The van der Waals surface area contributed by atoms with Crippen LogP contribution in [0.15, 0.2) is 78.3 Å². The third-order valence-electron chi connectivity index (χ3n) is 12.3. The summed E-state index contributed by atoms with van der Waals surface area (Å²) in [4.78, 5) is 139. The fourth-order valence-corrected chi connectivity index (χ4v) is 8.40. The Bertz CT molecular complexity index is 2580. The van der Waals surface area contributed by atoms with Crippen LogP contribution in [0.25, 0.3) is 10.9 Å². The molecule has 398 valence electrons. The fourth-order valence-electron chi connectivity index (χ4n) is 8.40. The van der Waals surface area contributed by atoms with E-state index in [0.717, 1.165) is 10.9 Å². The SMILES string of the molecule is CCCC[C@@H]1NC(=O)[C@@H](Cc2ccccc2)NC(=O)C(Cc2cnc[nH]2)NC(=O)[C@@H](NC(=O)[C@H](CCCN=C(N)N)NC(C)=O)CC(=O)NCCCC[C@@H](C(N)=O)NC(=O)[C@H](Cc2c[nH]c3ccccc23)NC1=O. The molecule has 74 heavy (non-hydrogen) atoms. The predicted octanol–water partition coefficient (Wildman–Crippen LogP) is -1.25. The number of aromatic amines is 2. The maximum atomic E-state index is 14.6. The molecule has 1 saturated heterocycles. The van der Waals surface area contributed by atoms with Gasteiger partial charge in [-0.25, -0.2) is 4.98 Å². The number of aliphatic imine (C=N–C) groups is 1. The van der Waals surface area contributed by atoms with E-state index in [4.69, 9.17) is 17.2 Å². The molecule has 24 nitrogen and oxygen atoms in total. The van der Waals surface area contributed by atoms with Crippen LogP contribution in [0.2, 0.25) is 0 Å². The van der Waals surface area contributed by atoms with Crippen molar-refractivity contribution >= 4 is 70.0 Å². The molecular weight excluding hydrogens is 955 g/mol. The molecule has 0 aliphatic carbocycles. The first-order valence-corrected chi connectivity index (χ1v) is 24.8. The predicted molar refractivity (Wildman–Crippen MR) is 274 cm³/mol. The van der Waals surface area contributed by atoms with Gasteiger partial charge in [-0.15, -0.1) is 0 Å². The minimum Gasteiger partial charge on any atom is -0.370 e. The number of unbranched alkanes of at least 4 members (excludes halogenated alkanes) is 1. The summed E-state index contributed by atoms with van der Waals surface area (Å²) >= 11 is 0. The van der Waals surface area contributed by atoms with Crippen LogP contribution >= 0.6 is 0 Å². The Morgan fingerprint density at radius 3 is 2.08 bits per heavy atom. The lowest BCUT2D eigenvalue weighted by molar-refractivity contribution is -0.136. The number of carbonyl (C=O) groups is 9. The van der Waals surface area contributed by atoms with E-state index in [2.05, 4.69) is 62.5 Å². The van der Waals surface area contributed by atoms with Crippen molar-refractivity contribution in [3.63, 3.8) is 0 Å². The number of aromatic nitrogens is 3. The normalized spacial score (nSPS) is 21.3. The largest absolute Gasteiger partial charge is 0.370 e. The molecule has 2 aromatic carbocycles. The van der Waals surface area contributed by atoms with Gasteiger partial charge < -0.3 is 69.7 Å². The highest BCUT2D eigenvalue weighted by molar-refractivity contribution is 5.99. The standard InChI is InChI=1S/C50H69N15O9/c1-3-4-16-37-45(70)63-39(23-31-26-57-34-17-9-8-15-33(31)34)47(72)60-35(43(51)68)18-10-11-20-55-42(67)25-41(65-44(69)36(59-29(2)66)19-12-21-56-50(52)53)49(74)64-40(24-32-27-54-28-58-32)48(73)62-38(46(71)61-37)22-30-13-6-5-7-14-30/h5-9,13-15,17,26-28,35-41,57H,3-4,10-12,16,18-25H2,1-2H3,(H2,51,68)(H,54,58)(H,55,67)(H,59,66)(H,60,72)(H,61,71)(H,62,73)(H,63,70)(H,64,74)(H,65,69)(H4,52,53,56)/t35-,36-,37-,38+,39-,40?,41-/m0/s1. The molecule has 2 aromatic heterocycles. The van der Waals surface area contributed by atoms with Crippen molar-refractivity contribution in [2.45, 2.75) is 133 Å². The first-order valence-electron chi connectivity index (χ1n) is 24.8. The molecule has 9 amide bonds. The number of para-hydroxylation sites is 1. The summed E-state index contributed by atoms with van der Waals surface area (Å²) in [6.07, 6.45) is 5.74. The van der Waals surface area contributed by atoms with Crippen molar-refractivity contribution in [2.75, 3.05) is 13.1 Å². The number of H-pyrrole nitrogens is 2. The molecule has 4 aromatic rings. The van der Waals surface area contributed by atoms with Crippen LogP contribution in [-0.2, 0) is 62.4 Å². The van der Waals surface area contributed by atoms with E-state index in [1.54, 1.807) is 36.5 Å². The number of nitrogens with one attached hydrogen (secondary N) is 10. The van der Waals surface area contributed by atoms with Crippen LogP contribution in [0.5, 0.6) is 0 Å². The molecule has 0 bridgehead atoms. The Balaban J connectivity index is 1.52. The number of hydrogen-bond donors (Lipinski definition) is 13. The van der Waals surface area contributed by atoms with Gasteiger partial charge in [-0.1, -0.05) is 68.3 Å². The van der Waals surface area contributed by atoms with Crippen LogP contribution in [0.3, 0.4) is 0 Å². The zero-order chi connectivity index (χ0) is 53.6. The van der Waals surface area contributed by atoms with Crippen molar-refractivity contribution < 1.29 is 43.2 Å². The van der Waals surface area contributed by atoms with Crippen LogP contribution in [0, 0.1) is 0 Å². The zero-order valence-corrected chi connectivity index (χ0v) is 41.7. The van der Waals surface area contributed by atoms with Crippen molar-refractivity contribution in [2.24, 2.45) is 22.2 Å². The number of amides is 9. The van der Waals surface area contributed by atoms with Crippen LogP contribution in [0.4, 0.5) is 0 Å². The number of rotatable bonds is 17. The Morgan fingerprint density at radius 1 is 0.757 bits per heavy atom. The summed E-state index contributed by atoms with van der Waals surface area (Å²) in [5.41, 5.74) is 19.2. The molecule has 24 heteroatoms. The highest BCUT2D eigenvalue weighted by Crippen LogP contribution is 2.20. The van der Waals surface area contributed by atoms with Crippen molar-refractivity contribution in [3.8, 4) is 0 Å². The summed E-state index contributed by atoms with van der Waals surface area (Å²) in [6, 6.07) is 6.88. The summed E-state index contributed by atoms with van der Waals surface area (Å²) in [7, 11) is 0. The highest BCUT2D eigenvalue weighted by atomic mass is 16.2. The molecule has 1 unspecified atom stereocenters. The second-order valence-electron chi connectivity index (χ2n) is 18.2. The molecule has 0 radical (unpaired) electrons. The van der Waals surface area contributed by atoms with Gasteiger partial charge in [-0.2, -0.15) is 0 Å². The lowest BCUT2D eigenvalue weighted by atomic mass is 10.0. The Labute approximate surface area is 428 Å². The van der Waals surface area contributed by atoms with E-state index in [-0.39, 0.29) is 76.8 Å². The van der Waals surface area contributed by atoms with Crippen molar-refractivity contribution in [1.82, 2.24) is 57.5 Å². The second kappa shape index (κ2) is 28.7. The topological polar surface area (TPSA) is 385 Å². The first kappa shape index (κ1) is 56.6. The first-order chi connectivity index (χ1) is 35.5. The minimum absolute atomic E-state index is 0.0154. The molecule has 16 N–H and O–H groups in total. The molecular formula is C50H69N15O9. The van der Waals surface area contributed by atoms with Gasteiger partial charge in [0.05, 0.1) is 12.7 Å². The summed E-state index contributed by atoms with van der Waals surface area (Å²) in [6.45, 7) is 3.26. The summed E-state index contributed by atoms with van der Waals surface area (Å²) < 4.78 is 0. The molecule has 3 heterocycles. The highest BCUT2D eigenvalue weighted by Gasteiger charge is 2.35. The smallest absolute Gasteiger partial charge is 0.243 e. The molecule has 1 aliphatic heterocycles. The number of fused-ring (bicyclic) bond motifs is 1. The lowest BCUT2D eigenvalue weighted by Crippen LogP contribution is -2.61. The molecule has 1 fully saturated rings. The summed E-state index contributed by atoms with van der Waals surface area (Å²) in [5.74, 6) is -7.06. The van der Waals surface area contributed by atoms with Crippen molar-refractivity contribution in [1.29, 1.82) is 0 Å². The number of carbonyl (C=O) groups excluding carboxylic acids is 9. The van der Waals surface area contributed by atoms with Gasteiger partial charge in [-0.05, 0) is 55.7 Å². The molecule has 0 spiro atoms. The van der Waals surface area contributed by atoms with E-state index in [0.29, 0.717) is 29.7 Å². The quantitative estimate of drug-likeness (QED) is 0.0335. The number of nitrogens with zero attached hydrogens (tertiary/aromatic N) is 2. The third-order valence-corrected chi connectivity index (χ3v) is 12.3. The van der Waals surface area contributed by atoms with Gasteiger partial charge in [0, 0.05) is 68.3 Å². The van der Waals surface area contributed by atoms with Crippen LogP contribution < -0.4 is 59.7 Å². The third kappa shape index (κ3) is 18.1. The van der Waals surface area contributed by atoms with E-state index in [1.807, 2.05) is 31.2 Å². The van der Waals surface area contributed by atoms with Gasteiger partial charge in [0.25, 0.3) is 0 Å². The Kier molecular flexibility index (Phi) is 21.9. The maximum absolute atomic E-state index is 14.6. The van der Waals surface area contributed by atoms with Gasteiger partial charge in [0.2, 0.25) is 53.2 Å². The Morgan fingerprint density at radius 2 is 1.41 bits per heavy atom. The minimum atomic E-state index is -1.62. The number of benzene rings is 2. The second-order valence-corrected chi connectivity index (χ2v) is 18.2. The fraction of sp³-hybridized carbons (Fsp3) is 0.460. The molecule has 1 aliphatic rings. The van der Waals surface area contributed by atoms with Gasteiger partial charge in [-0.3, -0.25) is 48.1 Å². The van der Waals surface area contributed by atoms with E-state index < -0.39 is 102 Å². The molecule has 7 atom stereocenters. The van der Waals surface area contributed by atoms with E-state index >= 15 is 0 Å². The maximum Gasteiger partial charge on any atom is 0.243 e. The van der Waals surface area contributed by atoms with Crippen molar-refractivity contribution in [3.05, 3.63) is 90.1 Å². The Hall–Kier alpha value is -8.31. The molecule has 0 saturated carbocycles. The van der Waals surface area contributed by atoms with E-state index in [1.165, 1.54) is 19.4 Å². The van der Waals surface area contributed by atoms with Crippen LogP contribution in [0.1, 0.15) is 88.5 Å². The average Bonchev–Trinajstić information content (AvgIpc) is 4.04. The number of hydrogen-bond acceptors (Lipinski definition) is 11. The summed E-state index contributed by atoms with van der Waals surface area (Å²) in [5, 5.41) is 22.4.